The van der Waals surface area contributed by atoms with Crippen molar-refractivity contribution in [3.8, 4) is 0 Å². The number of hydrogen-bond acceptors (Lipinski definition) is 2. The maximum atomic E-state index is 11.4. The monoisotopic (exact) mass is 311 g/mol. The SMILES string of the molecule is O=C(CBr)NCC1(c2ccccc2)CCOCC1. The lowest BCUT2D eigenvalue weighted by atomic mass is 9.74. The summed E-state index contributed by atoms with van der Waals surface area (Å²) in [6.07, 6.45) is 1.92. The van der Waals surface area contributed by atoms with Crippen molar-refractivity contribution in [2.45, 2.75) is 18.3 Å². The van der Waals surface area contributed by atoms with Crippen molar-refractivity contribution in [1.82, 2.24) is 5.32 Å². The van der Waals surface area contributed by atoms with Gasteiger partial charge in [-0.1, -0.05) is 46.3 Å². The first-order valence-electron chi connectivity index (χ1n) is 6.23. The summed E-state index contributed by atoms with van der Waals surface area (Å²) >= 11 is 3.18. The zero-order valence-electron chi connectivity index (χ0n) is 10.3. The molecule has 0 unspecified atom stereocenters. The highest BCUT2D eigenvalue weighted by Crippen LogP contribution is 2.34. The second kappa shape index (κ2) is 6.34. The molecule has 4 heteroatoms. The smallest absolute Gasteiger partial charge is 0.230 e. The molecule has 2 rings (SSSR count). The van der Waals surface area contributed by atoms with Crippen LogP contribution in [0.3, 0.4) is 0 Å². The Balaban J connectivity index is 2.15. The highest BCUT2D eigenvalue weighted by Gasteiger charge is 2.34. The quantitative estimate of drug-likeness (QED) is 0.866. The minimum Gasteiger partial charge on any atom is -0.381 e. The van der Waals surface area contributed by atoms with Gasteiger partial charge in [-0.05, 0) is 18.4 Å². The molecule has 1 saturated heterocycles. The lowest BCUT2D eigenvalue weighted by Gasteiger charge is -2.37. The maximum absolute atomic E-state index is 11.4. The molecule has 0 radical (unpaired) electrons. The van der Waals surface area contributed by atoms with Crippen LogP contribution in [0.25, 0.3) is 0 Å². The summed E-state index contributed by atoms with van der Waals surface area (Å²) in [6.45, 7) is 2.21. The van der Waals surface area contributed by atoms with Gasteiger partial charge in [-0.3, -0.25) is 4.79 Å². The highest BCUT2D eigenvalue weighted by molar-refractivity contribution is 9.09. The van der Waals surface area contributed by atoms with E-state index in [1.54, 1.807) is 0 Å². The van der Waals surface area contributed by atoms with E-state index < -0.39 is 0 Å². The zero-order chi connectivity index (χ0) is 12.8. The van der Waals surface area contributed by atoms with Crippen LogP contribution in [0.5, 0.6) is 0 Å². The third-order valence-electron chi connectivity index (χ3n) is 3.58. The molecule has 1 fully saturated rings. The van der Waals surface area contributed by atoms with E-state index in [1.807, 2.05) is 6.07 Å². The molecule has 0 aromatic heterocycles. The zero-order valence-corrected chi connectivity index (χ0v) is 11.9. The molecular weight excluding hydrogens is 294 g/mol. The number of alkyl halides is 1. The molecule has 98 valence electrons. The van der Waals surface area contributed by atoms with Gasteiger partial charge in [0.25, 0.3) is 0 Å². The summed E-state index contributed by atoms with van der Waals surface area (Å²) in [5.74, 6) is 0.0387. The molecule has 0 atom stereocenters. The number of nitrogens with one attached hydrogen (secondary N) is 1. The third-order valence-corrected chi connectivity index (χ3v) is 4.09. The average molecular weight is 312 g/mol. The van der Waals surface area contributed by atoms with Gasteiger partial charge in [-0.15, -0.1) is 0 Å². The highest BCUT2D eigenvalue weighted by atomic mass is 79.9. The molecule has 0 saturated carbocycles. The van der Waals surface area contributed by atoms with Crippen molar-refractivity contribution in [1.29, 1.82) is 0 Å². The van der Waals surface area contributed by atoms with Gasteiger partial charge in [0.15, 0.2) is 0 Å². The molecule has 1 aliphatic rings. The van der Waals surface area contributed by atoms with Crippen LogP contribution in [-0.4, -0.2) is 31.0 Å². The molecule has 1 N–H and O–H groups in total. The van der Waals surface area contributed by atoms with E-state index in [2.05, 4.69) is 45.5 Å². The van der Waals surface area contributed by atoms with Crippen LogP contribution in [0.2, 0.25) is 0 Å². The van der Waals surface area contributed by atoms with E-state index in [0.29, 0.717) is 11.9 Å². The first kappa shape index (κ1) is 13.6. The summed E-state index contributed by atoms with van der Waals surface area (Å²) in [4.78, 5) is 11.4. The topological polar surface area (TPSA) is 38.3 Å². The molecule has 18 heavy (non-hydrogen) atoms. The third kappa shape index (κ3) is 3.12. The largest absolute Gasteiger partial charge is 0.381 e. The first-order valence-corrected chi connectivity index (χ1v) is 7.35. The van der Waals surface area contributed by atoms with E-state index in [9.17, 15) is 4.79 Å². The predicted molar refractivity (Wildman–Crippen MR) is 75.0 cm³/mol. The molecule has 1 aliphatic heterocycles. The van der Waals surface area contributed by atoms with Gasteiger partial charge < -0.3 is 10.1 Å². The van der Waals surface area contributed by atoms with Crippen molar-refractivity contribution in [2.75, 3.05) is 25.1 Å². The lowest BCUT2D eigenvalue weighted by molar-refractivity contribution is -0.119. The van der Waals surface area contributed by atoms with Crippen molar-refractivity contribution in [3.05, 3.63) is 35.9 Å². The summed E-state index contributed by atoms with van der Waals surface area (Å²) < 4.78 is 5.46. The van der Waals surface area contributed by atoms with Crippen LogP contribution in [0.15, 0.2) is 30.3 Å². The number of halogens is 1. The Hall–Kier alpha value is -0.870. The first-order chi connectivity index (χ1) is 8.77. The van der Waals surface area contributed by atoms with Gasteiger partial charge in [0.2, 0.25) is 5.91 Å². The number of amides is 1. The second-order valence-electron chi connectivity index (χ2n) is 4.67. The van der Waals surface area contributed by atoms with Crippen LogP contribution < -0.4 is 5.32 Å². The second-order valence-corrected chi connectivity index (χ2v) is 5.23. The Bertz CT molecular complexity index is 388. The predicted octanol–water partition coefficient (Wildman–Crippen LogP) is 2.25. The fourth-order valence-corrected chi connectivity index (χ4v) is 2.63. The molecule has 1 aromatic carbocycles. The minimum absolute atomic E-state index is 0.0251. The Kier molecular flexibility index (Phi) is 4.78. The number of benzene rings is 1. The van der Waals surface area contributed by atoms with E-state index >= 15 is 0 Å². The van der Waals surface area contributed by atoms with Crippen molar-refractivity contribution < 1.29 is 9.53 Å². The van der Waals surface area contributed by atoms with Crippen LogP contribution in [0, 0.1) is 0 Å². The van der Waals surface area contributed by atoms with Crippen LogP contribution in [0.4, 0.5) is 0 Å². The van der Waals surface area contributed by atoms with Crippen molar-refractivity contribution >= 4 is 21.8 Å². The number of carbonyl (C=O) groups excluding carboxylic acids is 1. The van der Waals surface area contributed by atoms with Crippen LogP contribution >= 0.6 is 15.9 Å². The van der Waals surface area contributed by atoms with E-state index in [4.69, 9.17) is 4.74 Å². The molecular formula is C14H18BrNO2. The van der Waals surface area contributed by atoms with E-state index in [-0.39, 0.29) is 11.3 Å². The minimum atomic E-state index is 0.0251. The number of carbonyl (C=O) groups is 1. The molecule has 0 aliphatic carbocycles. The summed E-state index contributed by atoms with van der Waals surface area (Å²) in [5.41, 5.74) is 1.32. The maximum Gasteiger partial charge on any atom is 0.230 e. The Morgan fingerprint density at radius 2 is 1.94 bits per heavy atom. The Labute approximate surface area is 116 Å². The van der Waals surface area contributed by atoms with Gasteiger partial charge in [0, 0.05) is 25.2 Å². The van der Waals surface area contributed by atoms with Gasteiger partial charge in [0.05, 0.1) is 5.33 Å². The molecule has 0 spiro atoms. The van der Waals surface area contributed by atoms with E-state index in [1.165, 1.54) is 5.56 Å². The number of hydrogen-bond donors (Lipinski definition) is 1. The van der Waals surface area contributed by atoms with Crippen LogP contribution in [0.1, 0.15) is 18.4 Å². The van der Waals surface area contributed by atoms with Gasteiger partial charge >= 0.3 is 0 Å². The average Bonchev–Trinajstić information content (AvgIpc) is 2.46. The summed E-state index contributed by atoms with van der Waals surface area (Å²) in [7, 11) is 0. The Morgan fingerprint density at radius 1 is 1.28 bits per heavy atom. The lowest BCUT2D eigenvalue weighted by Crippen LogP contribution is -2.44. The van der Waals surface area contributed by atoms with Gasteiger partial charge in [-0.2, -0.15) is 0 Å². The number of ether oxygens (including phenoxy) is 1. The fraction of sp³-hybridized carbons (Fsp3) is 0.500. The molecule has 0 bridgehead atoms. The van der Waals surface area contributed by atoms with Gasteiger partial charge in [-0.25, -0.2) is 0 Å². The normalized spacial score (nSPS) is 18.3. The van der Waals surface area contributed by atoms with Gasteiger partial charge in [0.1, 0.15) is 0 Å². The molecule has 3 nitrogen and oxygen atoms in total. The van der Waals surface area contributed by atoms with E-state index in [0.717, 1.165) is 26.1 Å². The summed E-state index contributed by atoms with van der Waals surface area (Å²) in [5, 5.41) is 3.36. The van der Waals surface area contributed by atoms with Crippen LogP contribution in [-0.2, 0) is 14.9 Å². The summed E-state index contributed by atoms with van der Waals surface area (Å²) in [6, 6.07) is 10.4. The molecule has 1 heterocycles. The molecule has 1 aromatic rings. The Morgan fingerprint density at radius 3 is 2.56 bits per heavy atom. The fourth-order valence-electron chi connectivity index (χ4n) is 2.44. The van der Waals surface area contributed by atoms with Crippen molar-refractivity contribution in [2.24, 2.45) is 0 Å². The van der Waals surface area contributed by atoms with Crippen molar-refractivity contribution in [3.63, 3.8) is 0 Å². The number of rotatable bonds is 4. The molecule has 1 amide bonds. The standard InChI is InChI=1S/C14H18BrNO2/c15-10-13(17)16-11-14(6-8-18-9-7-14)12-4-2-1-3-5-12/h1-5H,6-11H2,(H,16,17).